The number of rotatable bonds is 4. The van der Waals surface area contributed by atoms with E-state index in [0.29, 0.717) is 25.1 Å². The first-order chi connectivity index (χ1) is 10.9. The number of aryl methyl sites for hydroxylation is 1. The highest BCUT2D eigenvalue weighted by Crippen LogP contribution is 2.34. The molecule has 3 rings (SSSR count). The monoisotopic (exact) mass is 370 g/mol. The van der Waals surface area contributed by atoms with Crippen molar-refractivity contribution in [2.75, 3.05) is 12.4 Å². The number of fused-ring (bicyclic) bond motifs is 1. The van der Waals surface area contributed by atoms with Gasteiger partial charge in [-0.15, -0.1) is 11.3 Å². The minimum Gasteiger partial charge on any atom is -0.325 e. The van der Waals surface area contributed by atoms with Crippen LogP contribution in [0, 0.1) is 0 Å². The third-order valence-electron chi connectivity index (χ3n) is 3.70. The third-order valence-corrected chi connectivity index (χ3v) is 6.64. The summed E-state index contributed by atoms with van der Waals surface area (Å²) in [4.78, 5) is 12.6. The average molecular weight is 371 g/mol. The molecule has 1 N–H and O–H groups in total. The van der Waals surface area contributed by atoms with Gasteiger partial charge < -0.3 is 5.32 Å². The van der Waals surface area contributed by atoms with Crippen LogP contribution in [0.5, 0.6) is 0 Å². The van der Waals surface area contributed by atoms with Crippen molar-refractivity contribution in [2.45, 2.75) is 24.3 Å². The summed E-state index contributed by atoms with van der Waals surface area (Å²) in [5, 5.41) is 4.85. The predicted molar refractivity (Wildman–Crippen MR) is 91.4 cm³/mol. The summed E-state index contributed by atoms with van der Waals surface area (Å²) in [6.07, 6.45) is 0.816. The third kappa shape index (κ3) is 3.28. The second-order valence-corrected chi connectivity index (χ2v) is 8.81. The number of carbonyl (C=O) groups is 1. The molecule has 0 atom stereocenters. The van der Waals surface area contributed by atoms with Gasteiger partial charge >= 0.3 is 0 Å². The van der Waals surface area contributed by atoms with Crippen molar-refractivity contribution in [3.8, 4) is 0 Å². The van der Waals surface area contributed by atoms with Crippen LogP contribution >= 0.6 is 22.9 Å². The Morgan fingerprint density at radius 3 is 2.83 bits per heavy atom. The van der Waals surface area contributed by atoms with E-state index in [1.165, 1.54) is 21.7 Å². The number of halogens is 1. The maximum Gasteiger partial charge on any atom is 0.243 e. The van der Waals surface area contributed by atoms with Crippen LogP contribution in [0.1, 0.15) is 16.9 Å². The van der Waals surface area contributed by atoms with Gasteiger partial charge in [0.05, 0.1) is 15.6 Å². The van der Waals surface area contributed by atoms with E-state index in [1.54, 1.807) is 13.1 Å². The molecule has 1 aromatic heterocycles. The largest absolute Gasteiger partial charge is 0.325 e. The van der Waals surface area contributed by atoms with Gasteiger partial charge in [-0.05, 0) is 35.6 Å². The van der Waals surface area contributed by atoms with Crippen molar-refractivity contribution < 1.29 is 13.2 Å². The molecule has 1 amide bonds. The van der Waals surface area contributed by atoms with Crippen LogP contribution in [0.25, 0.3) is 0 Å². The van der Waals surface area contributed by atoms with Gasteiger partial charge in [0.1, 0.15) is 0 Å². The number of nitrogens with one attached hydrogen (secondary N) is 1. The first kappa shape index (κ1) is 16.4. The Morgan fingerprint density at radius 2 is 2.13 bits per heavy atom. The summed E-state index contributed by atoms with van der Waals surface area (Å²) in [6.45, 7) is 0.311. The number of amides is 1. The van der Waals surface area contributed by atoms with Crippen molar-refractivity contribution in [3.63, 3.8) is 0 Å². The Labute approximate surface area is 143 Å². The summed E-state index contributed by atoms with van der Waals surface area (Å²) in [5.41, 5.74) is 1.27. The second kappa shape index (κ2) is 6.24. The molecule has 0 unspecified atom stereocenters. The van der Waals surface area contributed by atoms with Gasteiger partial charge in [0.25, 0.3) is 0 Å². The number of nitrogens with zero attached hydrogens (tertiary/aromatic N) is 1. The van der Waals surface area contributed by atoms with E-state index in [2.05, 4.69) is 5.32 Å². The number of hydrogen-bond donors (Lipinski definition) is 1. The molecule has 1 aromatic carbocycles. The Morgan fingerprint density at radius 1 is 1.35 bits per heavy atom. The summed E-state index contributed by atoms with van der Waals surface area (Å²) in [5.74, 6) is -0.107. The Kier molecular flexibility index (Phi) is 4.46. The fourth-order valence-electron chi connectivity index (χ4n) is 2.46. The van der Waals surface area contributed by atoms with E-state index in [9.17, 15) is 13.2 Å². The first-order valence-corrected chi connectivity index (χ1v) is 9.68. The summed E-state index contributed by atoms with van der Waals surface area (Å²) in [6, 6.07) is 6.78. The molecule has 0 fully saturated rings. The lowest BCUT2D eigenvalue weighted by atomic mass is 10.0. The van der Waals surface area contributed by atoms with E-state index in [4.69, 9.17) is 11.6 Å². The van der Waals surface area contributed by atoms with Crippen LogP contribution in [0.3, 0.4) is 0 Å². The lowest BCUT2D eigenvalue weighted by Crippen LogP contribution is -2.27. The average Bonchev–Trinajstić information content (AvgIpc) is 3.00. The van der Waals surface area contributed by atoms with Gasteiger partial charge in [-0.2, -0.15) is 4.31 Å². The van der Waals surface area contributed by atoms with Crippen molar-refractivity contribution in [1.82, 2.24) is 4.31 Å². The molecule has 0 aliphatic carbocycles. The standard InChI is InChI=1S/C15H15ClN2O3S2/c1-18(9-11-3-2-6-22-11)23(20,21)12-7-10-4-5-14(19)17-15(10)13(16)8-12/h2-3,6-8H,4-5,9H2,1H3,(H,17,19). The predicted octanol–water partition coefficient (Wildman–Crippen LogP) is 3.11. The quantitative estimate of drug-likeness (QED) is 0.899. The summed E-state index contributed by atoms with van der Waals surface area (Å²) >= 11 is 7.68. The van der Waals surface area contributed by atoms with E-state index in [-0.39, 0.29) is 15.8 Å². The molecule has 23 heavy (non-hydrogen) atoms. The van der Waals surface area contributed by atoms with E-state index >= 15 is 0 Å². The normalized spacial score (nSPS) is 14.7. The number of carbonyl (C=O) groups excluding carboxylic acids is 1. The lowest BCUT2D eigenvalue weighted by Gasteiger charge is -2.21. The van der Waals surface area contributed by atoms with Gasteiger partial charge in [0.2, 0.25) is 15.9 Å². The zero-order chi connectivity index (χ0) is 16.6. The molecule has 0 saturated heterocycles. The van der Waals surface area contributed by atoms with Gasteiger partial charge in [-0.3, -0.25) is 4.79 Å². The number of thiophene rings is 1. The molecule has 1 aliphatic heterocycles. The Bertz CT molecular complexity index is 848. The highest BCUT2D eigenvalue weighted by Gasteiger charge is 2.26. The van der Waals surface area contributed by atoms with Crippen molar-refractivity contribution in [2.24, 2.45) is 0 Å². The zero-order valence-corrected chi connectivity index (χ0v) is 14.8. The number of benzene rings is 1. The molecule has 0 saturated carbocycles. The van der Waals surface area contributed by atoms with Gasteiger partial charge in [0, 0.05) is 24.9 Å². The molecular formula is C15H15ClN2O3S2. The number of hydrogen-bond acceptors (Lipinski definition) is 4. The molecule has 122 valence electrons. The highest BCUT2D eigenvalue weighted by atomic mass is 35.5. The van der Waals surface area contributed by atoms with Crippen LogP contribution < -0.4 is 5.32 Å². The fraction of sp³-hybridized carbons (Fsp3) is 0.267. The molecule has 0 radical (unpaired) electrons. The summed E-state index contributed by atoms with van der Waals surface area (Å²) < 4.78 is 26.8. The van der Waals surface area contributed by atoms with Crippen LogP contribution in [0.4, 0.5) is 5.69 Å². The Hall–Kier alpha value is -1.41. The highest BCUT2D eigenvalue weighted by molar-refractivity contribution is 7.89. The van der Waals surface area contributed by atoms with Gasteiger partial charge in [0.15, 0.2) is 0 Å². The molecule has 2 heterocycles. The van der Waals surface area contributed by atoms with Crippen molar-refractivity contribution in [1.29, 1.82) is 0 Å². The van der Waals surface area contributed by atoms with Gasteiger partial charge in [-0.25, -0.2) is 8.42 Å². The second-order valence-electron chi connectivity index (χ2n) is 5.33. The lowest BCUT2D eigenvalue weighted by molar-refractivity contribution is -0.116. The molecule has 0 bridgehead atoms. The SMILES string of the molecule is CN(Cc1cccs1)S(=O)(=O)c1cc(Cl)c2c(c1)CCC(=O)N2. The summed E-state index contributed by atoms with van der Waals surface area (Å²) in [7, 11) is -2.10. The van der Waals surface area contributed by atoms with E-state index < -0.39 is 10.0 Å². The van der Waals surface area contributed by atoms with Crippen molar-refractivity contribution >= 4 is 44.6 Å². The van der Waals surface area contributed by atoms with E-state index in [0.717, 1.165) is 10.4 Å². The Balaban J connectivity index is 1.94. The smallest absolute Gasteiger partial charge is 0.243 e. The van der Waals surface area contributed by atoms with Crippen LogP contribution in [-0.4, -0.2) is 25.7 Å². The molecule has 0 spiro atoms. The minimum absolute atomic E-state index is 0.107. The number of anilines is 1. The molecule has 1 aliphatic rings. The van der Waals surface area contributed by atoms with Crippen LogP contribution in [-0.2, 0) is 27.8 Å². The maximum absolute atomic E-state index is 12.7. The molecular weight excluding hydrogens is 356 g/mol. The topological polar surface area (TPSA) is 66.5 Å². The zero-order valence-electron chi connectivity index (χ0n) is 12.4. The minimum atomic E-state index is -3.64. The van der Waals surface area contributed by atoms with E-state index in [1.807, 2.05) is 17.5 Å². The maximum atomic E-state index is 12.7. The first-order valence-electron chi connectivity index (χ1n) is 6.99. The van der Waals surface area contributed by atoms with Crippen molar-refractivity contribution in [3.05, 3.63) is 45.1 Å². The molecule has 5 nitrogen and oxygen atoms in total. The van der Waals surface area contributed by atoms with Gasteiger partial charge in [-0.1, -0.05) is 17.7 Å². The number of sulfonamides is 1. The molecule has 8 heteroatoms. The van der Waals surface area contributed by atoms with Crippen LogP contribution in [0.2, 0.25) is 5.02 Å². The van der Waals surface area contributed by atoms with Crippen LogP contribution in [0.15, 0.2) is 34.5 Å². The fourth-order valence-corrected chi connectivity index (χ4v) is 4.88. The molecule has 2 aromatic rings.